The van der Waals surface area contributed by atoms with Crippen LogP contribution >= 0.6 is 0 Å². The molecule has 0 aliphatic carbocycles. The fourth-order valence-corrected chi connectivity index (χ4v) is 6.02. The van der Waals surface area contributed by atoms with Crippen molar-refractivity contribution in [2.45, 2.75) is 24.8 Å². The van der Waals surface area contributed by atoms with E-state index in [0.29, 0.717) is 43.7 Å². The van der Waals surface area contributed by atoms with Crippen molar-refractivity contribution in [1.29, 1.82) is 0 Å². The van der Waals surface area contributed by atoms with Crippen molar-refractivity contribution in [3.05, 3.63) is 60.2 Å². The molecule has 7 nitrogen and oxygen atoms in total. The standard InChI is InChI=1S/C24H32N4O3S/c1-20-7-6-8-22(17-20)28-16-11-25(18-21(28)2)19-24(29)26-12-14-27(15-13-26)32(30,31)23-9-4-3-5-10-23/h3-10,17,21H,11-16,18-19H2,1-2H3/t21-/m0/s1. The smallest absolute Gasteiger partial charge is 0.243 e. The second-order valence-corrected chi connectivity index (χ2v) is 10.7. The zero-order chi connectivity index (χ0) is 22.7. The number of aryl methyl sites for hydroxylation is 1. The van der Waals surface area contributed by atoms with E-state index < -0.39 is 10.0 Å². The number of amides is 1. The molecule has 2 aliphatic heterocycles. The molecule has 2 aromatic rings. The first-order chi connectivity index (χ1) is 15.3. The number of sulfonamides is 1. The first kappa shape index (κ1) is 22.8. The van der Waals surface area contributed by atoms with Crippen LogP contribution < -0.4 is 4.90 Å². The van der Waals surface area contributed by atoms with Gasteiger partial charge < -0.3 is 9.80 Å². The third-order valence-corrected chi connectivity index (χ3v) is 8.29. The molecule has 4 rings (SSSR count). The number of benzene rings is 2. The molecule has 0 spiro atoms. The van der Waals surface area contributed by atoms with Crippen molar-refractivity contribution in [2.75, 3.05) is 57.3 Å². The van der Waals surface area contributed by atoms with E-state index in [1.165, 1.54) is 15.6 Å². The fraction of sp³-hybridized carbons (Fsp3) is 0.458. The number of carbonyl (C=O) groups is 1. The summed E-state index contributed by atoms with van der Waals surface area (Å²) < 4.78 is 27.1. The van der Waals surface area contributed by atoms with Gasteiger partial charge in [-0.25, -0.2) is 8.42 Å². The maximum absolute atomic E-state index is 12.9. The van der Waals surface area contributed by atoms with Gasteiger partial charge in [-0.3, -0.25) is 9.69 Å². The van der Waals surface area contributed by atoms with E-state index in [-0.39, 0.29) is 5.91 Å². The van der Waals surface area contributed by atoms with Gasteiger partial charge in [-0.2, -0.15) is 4.31 Å². The maximum atomic E-state index is 12.9. The molecule has 2 aromatic carbocycles. The summed E-state index contributed by atoms with van der Waals surface area (Å²) in [5.74, 6) is 0.0814. The zero-order valence-electron chi connectivity index (χ0n) is 18.9. The molecule has 2 heterocycles. The van der Waals surface area contributed by atoms with Crippen molar-refractivity contribution in [3.8, 4) is 0 Å². The number of hydrogen-bond acceptors (Lipinski definition) is 5. The molecule has 0 bridgehead atoms. The van der Waals surface area contributed by atoms with Crippen LogP contribution in [0.2, 0.25) is 0 Å². The summed E-state index contributed by atoms with van der Waals surface area (Å²) in [5, 5.41) is 0. The molecular formula is C24H32N4O3S. The zero-order valence-corrected chi connectivity index (χ0v) is 19.7. The van der Waals surface area contributed by atoms with Crippen LogP contribution in [0.3, 0.4) is 0 Å². The van der Waals surface area contributed by atoms with E-state index in [4.69, 9.17) is 0 Å². The van der Waals surface area contributed by atoms with Crippen LogP contribution in [0.1, 0.15) is 12.5 Å². The van der Waals surface area contributed by atoms with Gasteiger partial charge in [0.15, 0.2) is 0 Å². The second-order valence-electron chi connectivity index (χ2n) is 8.71. The van der Waals surface area contributed by atoms with Gasteiger partial charge in [0.1, 0.15) is 0 Å². The van der Waals surface area contributed by atoms with Crippen LogP contribution in [0, 0.1) is 6.92 Å². The Balaban J connectivity index is 1.28. The lowest BCUT2D eigenvalue weighted by Gasteiger charge is -2.42. The van der Waals surface area contributed by atoms with Gasteiger partial charge in [0.2, 0.25) is 15.9 Å². The highest BCUT2D eigenvalue weighted by atomic mass is 32.2. The molecule has 0 unspecified atom stereocenters. The summed E-state index contributed by atoms with van der Waals surface area (Å²) in [4.78, 5) is 19.6. The third-order valence-electron chi connectivity index (χ3n) is 6.38. The molecule has 0 radical (unpaired) electrons. The quantitative estimate of drug-likeness (QED) is 0.689. The van der Waals surface area contributed by atoms with Crippen LogP contribution in [0.5, 0.6) is 0 Å². The molecule has 1 amide bonds. The van der Waals surface area contributed by atoms with Crippen LogP contribution in [-0.4, -0.2) is 86.8 Å². The van der Waals surface area contributed by atoms with E-state index in [2.05, 4.69) is 47.9 Å². The Hall–Kier alpha value is -2.42. The summed E-state index contributed by atoms with van der Waals surface area (Å²) in [6.07, 6.45) is 0. The highest BCUT2D eigenvalue weighted by molar-refractivity contribution is 7.89. The van der Waals surface area contributed by atoms with Crippen molar-refractivity contribution in [2.24, 2.45) is 0 Å². The van der Waals surface area contributed by atoms with Crippen molar-refractivity contribution >= 4 is 21.6 Å². The highest BCUT2D eigenvalue weighted by Crippen LogP contribution is 2.22. The SMILES string of the molecule is Cc1cccc(N2CCN(CC(=O)N3CCN(S(=O)(=O)c4ccccc4)CC3)C[C@@H]2C)c1. The summed E-state index contributed by atoms with van der Waals surface area (Å²) >= 11 is 0. The minimum absolute atomic E-state index is 0.0814. The van der Waals surface area contributed by atoms with E-state index in [1.54, 1.807) is 35.2 Å². The lowest BCUT2D eigenvalue weighted by atomic mass is 10.1. The Bertz CT molecular complexity index is 1040. The summed E-state index contributed by atoms with van der Waals surface area (Å²) in [5.41, 5.74) is 2.49. The molecule has 1 atom stereocenters. The number of rotatable bonds is 5. The first-order valence-corrected chi connectivity index (χ1v) is 12.7. The van der Waals surface area contributed by atoms with Crippen molar-refractivity contribution in [1.82, 2.24) is 14.1 Å². The highest BCUT2D eigenvalue weighted by Gasteiger charge is 2.31. The lowest BCUT2D eigenvalue weighted by Crippen LogP contribution is -2.56. The summed E-state index contributed by atoms with van der Waals surface area (Å²) in [6, 6.07) is 17.4. The average Bonchev–Trinajstić information content (AvgIpc) is 2.80. The molecular weight excluding hydrogens is 424 g/mol. The lowest BCUT2D eigenvalue weighted by molar-refractivity contribution is -0.133. The Morgan fingerprint density at radius 1 is 0.938 bits per heavy atom. The molecule has 2 saturated heterocycles. The van der Waals surface area contributed by atoms with E-state index >= 15 is 0 Å². The minimum atomic E-state index is -3.50. The second kappa shape index (κ2) is 9.60. The number of hydrogen-bond donors (Lipinski definition) is 0. The topological polar surface area (TPSA) is 64.2 Å². The normalized spacial score (nSPS) is 21.0. The molecule has 0 aromatic heterocycles. The molecule has 0 saturated carbocycles. The van der Waals surface area contributed by atoms with Gasteiger partial charge in [-0.15, -0.1) is 0 Å². The van der Waals surface area contributed by atoms with Crippen molar-refractivity contribution < 1.29 is 13.2 Å². The summed E-state index contributed by atoms with van der Waals surface area (Å²) in [6.45, 7) is 8.79. The Labute approximate surface area is 191 Å². The number of nitrogens with zero attached hydrogens (tertiary/aromatic N) is 4. The third kappa shape index (κ3) is 4.98. The van der Waals surface area contributed by atoms with E-state index in [9.17, 15) is 13.2 Å². The molecule has 2 fully saturated rings. The van der Waals surface area contributed by atoms with Gasteiger partial charge >= 0.3 is 0 Å². The number of anilines is 1. The maximum Gasteiger partial charge on any atom is 0.243 e. The van der Waals surface area contributed by atoms with Crippen LogP contribution in [0.15, 0.2) is 59.5 Å². The first-order valence-electron chi connectivity index (χ1n) is 11.2. The Morgan fingerprint density at radius 2 is 1.66 bits per heavy atom. The molecule has 32 heavy (non-hydrogen) atoms. The Kier molecular flexibility index (Phi) is 6.83. The Morgan fingerprint density at radius 3 is 2.31 bits per heavy atom. The predicted octanol–water partition coefficient (Wildman–Crippen LogP) is 2.04. The molecule has 0 N–H and O–H groups in total. The molecule has 2 aliphatic rings. The predicted molar refractivity (Wildman–Crippen MR) is 126 cm³/mol. The average molecular weight is 457 g/mol. The van der Waals surface area contributed by atoms with E-state index in [0.717, 1.165) is 19.6 Å². The minimum Gasteiger partial charge on any atom is -0.366 e. The summed E-state index contributed by atoms with van der Waals surface area (Å²) in [7, 11) is -3.50. The van der Waals surface area contributed by atoms with Crippen LogP contribution in [0.25, 0.3) is 0 Å². The number of piperazine rings is 2. The van der Waals surface area contributed by atoms with Gasteiger partial charge in [0.05, 0.1) is 11.4 Å². The van der Waals surface area contributed by atoms with E-state index in [1.807, 2.05) is 0 Å². The molecule has 8 heteroatoms. The largest absolute Gasteiger partial charge is 0.366 e. The number of carbonyl (C=O) groups excluding carboxylic acids is 1. The van der Waals surface area contributed by atoms with Gasteiger partial charge in [-0.1, -0.05) is 30.3 Å². The fourth-order valence-electron chi connectivity index (χ4n) is 4.58. The molecule has 172 valence electrons. The van der Waals surface area contributed by atoms with Crippen LogP contribution in [0.4, 0.5) is 5.69 Å². The van der Waals surface area contributed by atoms with Crippen molar-refractivity contribution in [3.63, 3.8) is 0 Å². The van der Waals surface area contributed by atoms with Gasteiger partial charge in [0, 0.05) is 57.5 Å². The monoisotopic (exact) mass is 456 g/mol. The van der Waals surface area contributed by atoms with Gasteiger partial charge in [-0.05, 0) is 43.7 Å². The van der Waals surface area contributed by atoms with Crippen LogP contribution in [-0.2, 0) is 14.8 Å². The van der Waals surface area contributed by atoms with Gasteiger partial charge in [0.25, 0.3) is 0 Å².